The van der Waals surface area contributed by atoms with E-state index in [2.05, 4.69) is 0 Å². The monoisotopic (exact) mass is 376 g/mol. The van der Waals surface area contributed by atoms with Gasteiger partial charge in [-0.15, -0.1) is 0 Å². The summed E-state index contributed by atoms with van der Waals surface area (Å²) in [5.74, 6) is -1.97. The molecule has 0 amide bonds. The summed E-state index contributed by atoms with van der Waals surface area (Å²) in [5, 5.41) is 22.1. The van der Waals surface area contributed by atoms with Gasteiger partial charge in [-0.3, -0.25) is 14.4 Å². The molecule has 0 heterocycles. The number of aliphatic hydroxyl groups is 2. The molecule has 4 aliphatic rings. The van der Waals surface area contributed by atoms with Gasteiger partial charge in [-0.05, 0) is 57.1 Å². The largest absolute Gasteiger partial charge is 0.390 e. The Labute approximate surface area is 157 Å². The molecule has 0 spiro atoms. The summed E-state index contributed by atoms with van der Waals surface area (Å²) < 4.78 is 16.7. The summed E-state index contributed by atoms with van der Waals surface area (Å²) in [6.45, 7) is 3.42. The summed E-state index contributed by atoms with van der Waals surface area (Å²) in [4.78, 5) is 35.1. The topological polar surface area (TPSA) is 91.7 Å². The van der Waals surface area contributed by atoms with Crippen molar-refractivity contribution in [3.05, 3.63) is 23.8 Å². The Hall–Kier alpha value is -1.66. The van der Waals surface area contributed by atoms with Crippen molar-refractivity contribution in [3.63, 3.8) is 0 Å². The molecule has 3 fully saturated rings. The minimum atomic E-state index is -1.99. The van der Waals surface area contributed by atoms with Crippen LogP contribution in [-0.2, 0) is 14.4 Å². The van der Waals surface area contributed by atoms with Crippen LogP contribution in [0.15, 0.2) is 23.8 Å². The molecular formula is C21H25FO5. The van der Waals surface area contributed by atoms with Gasteiger partial charge in [0.2, 0.25) is 5.78 Å². The Morgan fingerprint density at radius 2 is 2.00 bits per heavy atom. The number of rotatable bonds is 2. The van der Waals surface area contributed by atoms with Gasteiger partial charge < -0.3 is 10.2 Å². The minimum absolute atomic E-state index is 0.0960. The molecule has 0 radical (unpaired) electrons. The molecule has 6 heteroatoms. The maximum atomic E-state index is 16.7. The molecule has 2 N–H and O–H groups in total. The lowest BCUT2D eigenvalue weighted by atomic mass is 9.44. The van der Waals surface area contributed by atoms with Crippen molar-refractivity contribution in [1.82, 2.24) is 0 Å². The number of carbonyl (C=O) groups excluding carboxylic acids is 3. The molecule has 4 rings (SSSR count). The normalized spacial score (nSPS) is 51.1. The lowest BCUT2D eigenvalue weighted by Crippen LogP contribution is -2.69. The quantitative estimate of drug-likeness (QED) is 0.567. The smallest absolute Gasteiger partial charge is 0.227 e. The number of ketones is 2. The number of hydrogen-bond donors (Lipinski definition) is 2. The number of carbonyl (C=O) groups is 3. The molecule has 27 heavy (non-hydrogen) atoms. The number of Topliss-reactive ketones (excluding diaryl/α,β-unsaturated/α-hetero) is 1. The fourth-order valence-corrected chi connectivity index (χ4v) is 6.72. The SMILES string of the molecule is C[C@]12C[C@H](O)[C@]3(F)[C@@H](CCC4=CC(=O)C=C[C@@]43C)[C@H]1CCC2(O)C(=O)C=O. The molecule has 0 aromatic heterocycles. The first kappa shape index (κ1) is 18.7. The zero-order valence-electron chi connectivity index (χ0n) is 15.6. The van der Waals surface area contributed by atoms with E-state index >= 15 is 4.39 Å². The van der Waals surface area contributed by atoms with Crippen molar-refractivity contribution >= 4 is 17.9 Å². The van der Waals surface area contributed by atoms with Gasteiger partial charge >= 0.3 is 0 Å². The molecule has 1 unspecified atom stereocenters. The van der Waals surface area contributed by atoms with E-state index in [1.54, 1.807) is 19.9 Å². The van der Waals surface area contributed by atoms with Crippen LogP contribution in [0.5, 0.6) is 0 Å². The highest BCUT2D eigenvalue weighted by Gasteiger charge is 2.74. The fourth-order valence-electron chi connectivity index (χ4n) is 6.72. The van der Waals surface area contributed by atoms with Crippen molar-refractivity contribution in [1.29, 1.82) is 0 Å². The lowest BCUT2D eigenvalue weighted by Gasteiger charge is -2.62. The van der Waals surface area contributed by atoms with E-state index < -0.39 is 39.9 Å². The van der Waals surface area contributed by atoms with Gasteiger partial charge in [0.05, 0.1) is 6.10 Å². The van der Waals surface area contributed by atoms with Crippen LogP contribution in [0.1, 0.15) is 46.0 Å². The Morgan fingerprint density at radius 1 is 1.30 bits per heavy atom. The van der Waals surface area contributed by atoms with Crippen LogP contribution in [0, 0.1) is 22.7 Å². The van der Waals surface area contributed by atoms with E-state index in [0.717, 1.165) is 0 Å². The fraction of sp³-hybridized carbons (Fsp3) is 0.667. The number of aldehydes is 1. The Bertz CT molecular complexity index is 802. The number of fused-ring (bicyclic) bond motifs is 5. The van der Waals surface area contributed by atoms with Crippen LogP contribution in [0.3, 0.4) is 0 Å². The number of alkyl halides is 1. The minimum Gasteiger partial charge on any atom is -0.390 e. The van der Waals surface area contributed by atoms with E-state index in [1.165, 1.54) is 12.2 Å². The summed E-state index contributed by atoms with van der Waals surface area (Å²) in [7, 11) is 0. The molecule has 0 aromatic rings. The Balaban J connectivity index is 1.82. The summed E-state index contributed by atoms with van der Waals surface area (Å²) in [6.07, 6.45) is 4.49. The van der Waals surface area contributed by atoms with Crippen LogP contribution >= 0.6 is 0 Å². The van der Waals surface area contributed by atoms with Gasteiger partial charge in [0.15, 0.2) is 17.7 Å². The van der Waals surface area contributed by atoms with Gasteiger partial charge in [0.25, 0.3) is 0 Å². The maximum Gasteiger partial charge on any atom is 0.227 e. The van der Waals surface area contributed by atoms with Crippen molar-refractivity contribution in [2.75, 3.05) is 0 Å². The second-order valence-electron chi connectivity index (χ2n) is 9.15. The van der Waals surface area contributed by atoms with E-state index in [4.69, 9.17) is 0 Å². The third-order valence-corrected chi connectivity index (χ3v) is 8.31. The summed E-state index contributed by atoms with van der Waals surface area (Å²) >= 11 is 0. The number of aliphatic hydroxyl groups excluding tert-OH is 1. The second-order valence-corrected chi connectivity index (χ2v) is 9.15. The van der Waals surface area contributed by atoms with Crippen molar-refractivity contribution in [3.8, 4) is 0 Å². The first-order chi connectivity index (χ1) is 12.5. The summed E-state index contributed by atoms with van der Waals surface area (Å²) in [6, 6.07) is 0. The predicted octanol–water partition coefficient (Wildman–Crippen LogP) is 1.86. The van der Waals surface area contributed by atoms with Crippen molar-refractivity contribution in [2.24, 2.45) is 22.7 Å². The van der Waals surface area contributed by atoms with E-state index in [9.17, 15) is 24.6 Å². The highest BCUT2D eigenvalue weighted by atomic mass is 19.1. The molecule has 4 aliphatic carbocycles. The van der Waals surface area contributed by atoms with Gasteiger partial charge in [0, 0.05) is 16.7 Å². The van der Waals surface area contributed by atoms with Crippen molar-refractivity contribution < 1.29 is 29.0 Å². The first-order valence-corrected chi connectivity index (χ1v) is 9.58. The van der Waals surface area contributed by atoms with Crippen LogP contribution in [0.2, 0.25) is 0 Å². The third-order valence-electron chi connectivity index (χ3n) is 8.31. The van der Waals surface area contributed by atoms with Gasteiger partial charge in [-0.25, -0.2) is 4.39 Å². The number of hydrogen-bond acceptors (Lipinski definition) is 5. The Morgan fingerprint density at radius 3 is 2.67 bits per heavy atom. The van der Waals surface area contributed by atoms with E-state index in [-0.39, 0.29) is 30.8 Å². The van der Waals surface area contributed by atoms with Crippen LogP contribution in [-0.4, -0.2) is 45.4 Å². The number of allylic oxidation sites excluding steroid dienone is 4. The highest BCUT2D eigenvalue weighted by Crippen LogP contribution is 2.69. The maximum absolute atomic E-state index is 16.7. The number of halogens is 1. The Kier molecular flexibility index (Phi) is 3.77. The van der Waals surface area contributed by atoms with Crippen LogP contribution in [0.4, 0.5) is 4.39 Å². The molecule has 0 aromatic carbocycles. The van der Waals surface area contributed by atoms with E-state index in [1.807, 2.05) is 0 Å². The summed E-state index contributed by atoms with van der Waals surface area (Å²) in [5.41, 5.74) is -5.32. The molecule has 146 valence electrons. The van der Waals surface area contributed by atoms with Gasteiger partial charge in [-0.2, -0.15) is 0 Å². The zero-order valence-corrected chi connectivity index (χ0v) is 15.6. The first-order valence-electron chi connectivity index (χ1n) is 9.58. The predicted molar refractivity (Wildman–Crippen MR) is 94.4 cm³/mol. The van der Waals surface area contributed by atoms with Crippen LogP contribution < -0.4 is 0 Å². The molecule has 0 bridgehead atoms. The zero-order chi connectivity index (χ0) is 19.8. The average Bonchev–Trinajstić information content (AvgIpc) is 2.88. The van der Waals surface area contributed by atoms with Gasteiger partial charge in [-0.1, -0.05) is 18.6 Å². The van der Waals surface area contributed by atoms with Gasteiger partial charge in [0.1, 0.15) is 5.60 Å². The second kappa shape index (κ2) is 5.45. The highest BCUT2D eigenvalue weighted by molar-refractivity contribution is 6.29. The molecule has 0 aliphatic heterocycles. The standard InChI is InChI=1S/C21H25FO5/c1-18-7-5-13(24)9-12(18)3-4-15-14-6-8-20(27,17(26)11-23)19(14,2)10-16(25)21(15,18)22/h5,7,9,11,14-16,25,27H,3-4,6,8,10H2,1-2H3/t14-,15+,16+,18+,19+,20?,21-/m1/s1. The van der Waals surface area contributed by atoms with Crippen LogP contribution in [0.25, 0.3) is 0 Å². The molecule has 7 atom stereocenters. The average molecular weight is 376 g/mol. The molecule has 3 saturated carbocycles. The molecular weight excluding hydrogens is 351 g/mol. The molecule has 0 saturated heterocycles. The lowest BCUT2D eigenvalue weighted by molar-refractivity contribution is -0.216. The van der Waals surface area contributed by atoms with E-state index in [0.29, 0.717) is 24.8 Å². The molecule has 5 nitrogen and oxygen atoms in total. The van der Waals surface area contributed by atoms with Crippen molar-refractivity contribution in [2.45, 2.75) is 63.3 Å². The third kappa shape index (κ3) is 1.98.